The first-order valence-electron chi connectivity index (χ1n) is 8.62. The molecular formula is C18H27N3O3. The molecule has 3 amide bonds. The molecule has 0 radical (unpaired) electrons. The van der Waals surface area contributed by atoms with Gasteiger partial charge in [-0.2, -0.15) is 0 Å². The third-order valence-electron chi connectivity index (χ3n) is 4.17. The Balaban J connectivity index is 1.64. The summed E-state index contributed by atoms with van der Waals surface area (Å²) in [6.07, 6.45) is 5.50. The Hall–Kier alpha value is -2.24. The smallest absolute Gasteiger partial charge is 0.333 e. The van der Waals surface area contributed by atoms with E-state index >= 15 is 0 Å². The van der Waals surface area contributed by atoms with Gasteiger partial charge in [0.1, 0.15) is 5.75 Å². The van der Waals surface area contributed by atoms with Gasteiger partial charge >= 0.3 is 6.03 Å². The van der Waals surface area contributed by atoms with Crippen LogP contribution in [0.1, 0.15) is 57.4 Å². The monoisotopic (exact) mass is 333 g/mol. The van der Waals surface area contributed by atoms with Crippen molar-refractivity contribution in [2.45, 2.75) is 57.9 Å². The van der Waals surface area contributed by atoms with Crippen molar-refractivity contribution in [2.75, 3.05) is 6.61 Å². The van der Waals surface area contributed by atoms with Crippen LogP contribution in [0.15, 0.2) is 24.3 Å². The average molecular weight is 333 g/mol. The third kappa shape index (κ3) is 6.10. The Kier molecular flexibility index (Phi) is 6.90. The summed E-state index contributed by atoms with van der Waals surface area (Å²) in [6.45, 7) is 4.09. The van der Waals surface area contributed by atoms with Gasteiger partial charge in [-0.3, -0.25) is 10.2 Å². The lowest BCUT2D eigenvalue weighted by atomic mass is 9.96. The van der Waals surface area contributed by atoms with E-state index in [1.54, 1.807) is 0 Å². The van der Waals surface area contributed by atoms with Crippen LogP contribution in [0.2, 0.25) is 0 Å². The fourth-order valence-corrected chi connectivity index (χ4v) is 2.73. The maximum atomic E-state index is 11.7. The van der Waals surface area contributed by atoms with Crippen LogP contribution in [0.5, 0.6) is 5.75 Å². The maximum Gasteiger partial charge on any atom is 0.333 e. The number of ether oxygens (including phenoxy) is 1. The summed E-state index contributed by atoms with van der Waals surface area (Å²) in [7, 11) is 0. The molecule has 0 heterocycles. The molecule has 2 rings (SSSR count). The molecule has 6 nitrogen and oxygen atoms in total. The van der Waals surface area contributed by atoms with Crippen LogP contribution in [0.4, 0.5) is 4.79 Å². The number of amides is 3. The highest BCUT2D eigenvalue weighted by atomic mass is 16.5. The van der Waals surface area contributed by atoms with Crippen molar-refractivity contribution in [1.29, 1.82) is 0 Å². The summed E-state index contributed by atoms with van der Waals surface area (Å²) < 4.78 is 5.40. The summed E-state index contributed by atoms with van der Waals surface area (Å²) in [4.78, 5) is 23.4. The van der Waals surface area contributed by atoms with Crippen LogP contribution in [0.3, 0.4) is 0 Å². The van der Waals surface area contributed by atoms with Crippen LogP contribution in [-0.2, 0) is 4.79 Å². The van der Waals surface area contributed by atoms with E-state index in [9.17, 15) is 9.59 Å². The molecule has 0 saturated heterocycles. The number of carbonyl (C=O) groups is 2. The van der Waals surface area contributed by atoms with Crippen molar-refractivity contribution in [2.24, 2.45) is 0 Å². The molecule has 0 atom stereocenters. The minimum Gasteiger partial charge on any atom is -0.484 e. The molecule has 24 heavy (non-hydrogen) atoms. The molecule has 1 aromatic rings. The number of nitrogens with one attached hydrogen (secondary N) is 3. The minimum atomic E-state index is -0.401. The normalized spacial score (nSPS) is 15.0. The summed E-state index contributed by atoms with van der Waals surface area (Å²) in [5.74, 6) is 0.678. The molecule has 6 heteroatoms. The molecule has 1 saturated carbocycles. The van der Waals surface area contributed by atoms with E-state index in [4.69, 9.17) is 4.74 Å². The van der Waals surface area contributed by atoms with E-state index < -0.39 is 5.91 Å². The van der Waals surface area contributed by atoms with E-state index in [0.717, 1.165) is 25.7 Å². The van der Waals surface area contributed by atoms with E-state index in [-0.39, 0.29) is 18.7 Å². The summed E-state index contributed by atoms with van der Waals surface area (Å²) in [6, 6.07) is 7.46. The van der Waals surface area contributed by atoms with Crippen molar-refractivity contribution >= 4 is 11.9 Å². The fourth-order valence-electron chi connectivity index (χ4n) is 2.73. The lowest BCUT2D eigenvalue weighted by Crippen LogP contribution is -2.51. The third-order valence-corrected chi connectivity index (χ3v) is 4.17. The van der Waals surface area contributed by atoms with Gasteiger partial charge in [0.2, 0.25) is 0 Å². The Morgan fingerprint density at radius 1 is 1.08 bits per heavy atom. The fraction of sp³-hybridized carbons (Fsp3) is 0.556. The molecule has 3 N–H and O–H groups in total. The van der Waals surface area contributed by atoms with Gasteiger partial charge < -0.3 is 10.1 Å². The highest BCUT2D eigenvalue weighted by Gasteiger charge is 2.15. The second kappa shape index (κ2) is 9.15. The lowest BCUT2D eigenvalue weighted by molar-refractivity contribution is -0.123. The number of hydrazine groups is 1. The number of benzene rings is 1. The molecule has 0 aliphatic heterocycles. The minimum absolute atomic E-state index is 0.148. The van der Waals surface area contributed by atoms with Crippen molar-refractivity contribution in [3.8, 4) is 5.75 Å². The molecule has 1 aliphatic rings. The predicted molar refractivity (Wildman–Crippen MR) is 92.7 cm³/mol. The van der Waals surface area contributed by atoms with Gasteiger partial charge in [0.15, 0.2) is 6.61 Å². The van der Waals surface area contributed by atoms with E-state index in [0.29, 0.717) is 11.7 Å². The van der Waals surface area contributed by atoms with Crippen LogP contribution >= 0.6 is 0 Å². The number of urea groups is 1. The largest absolute Gasteiger partial charge is 0.484 e. The number of rotatable bonds is 5. The molecule has 0 bridgehead atoms. The van der Waals surface area contributed by atoms with Gasteiger partial charge in [0.05, 0.1) is 0 Å². The van der Waals surface area contributed by atoms with Gasteiger partial charge in [-0.15, -0.1) is 0 Å². The maximum absolute atomic E-state index is 11.7. The second-order valence-corrected chi connectivity index (χ2v) is 6.49. The molecular weight excluding hydrogens is 306 g/mol. The van der Waals surface area contributed by atoms with Gasteiger partial charge in [0.25, 0.3) is 5.91 Å². The topological polar surface area (TPSA) is 79.5 Å². The van der Waals surface area contributed by atoms with Crippen molar-refractivity contribution < 1.29 is 14.3 Å². The first-order chi connectivity index (χ1) is 11.5. The zero-order valence-corrected chi connectivity index (χ0v) is 14.4. The summed E-state index contributed by atoms with van der Waals surface area (Å²) in [5, 5.41) is 2.86. The SMILES string of the molecule is CC(C)c1ccc(OCC(=O)NNC(=O)NC2CCCCC2)cc1. The van der Waals surface area contributed by atoms with E-state index in [2.05, 4.69) is 30.0 Å². The Morgan fingerprint density at radius 2 is 1.75 bits per heavy atom. The summed E-state index contributed by atoms with van der Waals surface area (Å²) in [5.41, 5.74) is 5.92. The lowest BCUT2D eigenvalue weighted by Gasteiger charge is -2.22. The zero-order valence-electron chi connectivity index (χ0n) is 14.4. The molecule has 132 valence electrons. The molecule has 0 unspecified atom stereocenters. The van der Waals surface area contributed by atoms with Crippen LogP contribution in [0, 0.1) is 0 Å². The first-order valence-corrected chi connectivity index (χ1v) is 8.62. The Bertz CT molecular complexity index is 537. The molecule has 1 aliphatic carbocycles. The number of carbonyl (C=O) groups excluding carboxylic acids is 2. The van der Waals surface area contributed by atoms with Crippen LogP contribution < -0.4 is 20.9 Å². The van der Waals surface area contributed by atoms with Crippen molar-refractivity contribution in [3.63, 3.8) is 0 Å². The van der Waals surface area contributed by atoms with Crippen LogP contribution in [-0.4, -0.2) is 24.6 Å². The predicted octanol–water partition coefficient (Wildman–Crippen LogP) is 2.85. The average Bonchev–Trinajstić information content (AvgIpc) is 2.59. The Labute approximate surface area is 143 Å². The van der Waals surface area contributed by atoms with E-state index in [1.165, 1.54) is 12.0 Å². The van der Waals surface area contributed by atoms with Crippen molar-refractivity contribution in [1.82, 2.24) is 16.2 Å². The molecule has 1 fully saturated rings. The number of hydrogen-bond acceptors (Lipinski definition) is 3. The first kappa shape index (κ1) is 18.1. The second-order valence-electron chi connectivity index (χ2n) is 6.49. The Morgan fingerprint density at radius 3 is 2.38 bits per heavy atom. The van der Waals surface area contributed by atoms with Gasteiger partial charge in [-0.25, -0.2) is 10.2 Å². The molecule has 0 spiro atoms. The van der Waals surface area contributed by atoms with Crippen LogP contribution in [0.25, 0.3) is 0 Å². The van der Waals surface area contributed by atoms with Gasteiger partial charge in [-0.05, 0) is 36.5 Å². The molecule has 1 aromatic carbocycles. The highest BCUT2D eigenvalue weighted by molar-refractivity contribution is 5.82. The summed E-state index contributed by atoms with van der Waals surface area (Å²) >= 11 is 0. The van der Waals surface area contributed by atoms with E-state index in [1.807, 2.05) is 24.3 Å². The zero-order chi connectivity index (χ0) is 17.4. The highest BCUT2D eigenvalue weighted by Crippen LogP contribution is 2.18. The van der Waals surface area contributed by atoms with Crippen molar-refractivity contribution in [3.05, 3.63) is 29.8 Å². The quantitative estimate of drug-likeness (QED) is 0.725. The van der Waals surface area contributed by atoms with Gasteiger partial charge in [-0.1, -0.05) is 45.2 Å². The number of hydrogen-bond donors (Lipinski definition) is 3. The van der Waals surface area contributed by atoms with Gasteiger partial charge in [0, 0.05) is 6.04 Å². The standard InChI is InChI=1S/C18H27N3O3/c1-13(2)14-8-10-16(11-9-14)24-12-17(22)20-21-18(23)19-15-6-4-3-5-7-15/h8-11,13,15H,3-7,12H2,1-2H3,(H,20,22)(H2,19,21,23). The molecule has 0 aromatic heterocycles.